The van der Waals surface area contributed by atoms with E-state index in [4.69, 9.17) is 16.6 Å². The van der Waals surface area contributed by atoms with Gasteiger partial charge in [-0.1, -0.05) is 60.4 Å². The summed E-state index contributed by atoms with van der Waals surface area (Å²) in [7, 11) is 0. The minimum atomic E-state index is -0.403. The molecule has 1 saturated heterocycles. The summed E-state index contributed by atoms with van der Waals surface area (Å²) in [4.78, 5) is 42.7. The fourth-order valence-electron chi connectivity index (χ4n) is 3.95. The molecule has 1 N–H and O–H groups in total. The van der Waals surface area contributed by atoms with Crippen LogP contribution in [0.5, 0.6) is 0 Å². The van der Waals surface area contributed by atoms with Gasteiger partial charge in [-0.05, 0) is 36.8 Å². The van der Waals surface area contributed by atoms with E-state index in [9.17, 15) is 14.4 Å². The standard InChI is InChI=1S/C25H19N3O4S2/c1-15-7-2-4-10-18(15)26-20(29)14-27-19-11-5-3-9-17(19)21(23(27)30)22-24(31)28(25(33)34-22)13-16-8-6-12-32-16/h2-12H,13-14H2,1H3,(H,26,29). The van der Waals surface area contributed by atoms with E-state index in [-0.39, 0.29) is 35.4 Å². The highest BCUT2D eigenvalue weighted by Crippen LogP contribution is 2.44. The van der Waals surface area contributed by atoms with Crippen LogP contribution in [-0.4, -0.2) is 33.5 Å². The smallest absolute Gasteiger partial charge is 0.267 e. The van der Waals surface area contributed by atoms with Gasteiger partial charge in [0, 0.05) is 11.3 Å². The Kier molecular flexibility index (Phi) is 5.80. The van der Waals surface area contributed by atoms with Gasteiger partial charge in [0.25, 0.3) is 11.8 Å². The van der Waals surface area contributed by atoms with Crippen molar-refractivity contribution in [1.29, 1.82) is 0 Å². The van der Waals surface area contributed by atoms with Crippen LogP contribution in [0.3, 0.4) is 0 Å². The molecule has 0 atom stereocenters. The summed E-state index contributed by atoms with van der Waals surface area (Å²) in [6.45, 7) is 1.90. The van der Waals surface area contributed by atoms with Gasteiger partial charge in [-0.25, -0.2) is 0 Å². The number of benzene rings is 2. The van der Waals surface area contributed by atoms with Crippen LogP contribution in [0.15, 0.2) is 76.2 Å². The summed E-state index contributed by atoms with van der Waals surface area (Å²) in [6, 6.07) is 18.1. The molecule has 3 heterocycles. The Bertz CT molecular complexity index is 1360. The van der Waals surface area contributed by atoms with E-state index in [0.29, 0.717) is 27.0 Å². The van der Waals surface area contributed by atoms with Crippen LogP contribution in [0.2, 0.25) is 0 Å². The van der Waals surface area contributed by atoms with Crippen molar-refractivity contribution in [3.8, 4) is 0 Å². The van der Waals surface area contributed by atoms with Crippen molar-refractivity contribution in [2.75, 3.05) is 16.8 Å². The van der Waals surface area contributed by atoms with Crippen molar-refractivity contribution in [3.63, 3.8) is 0 Å². The van der Waals surface area contributed by atoms with Gasteiger partial charge >= 0.3 is 0 Å². The van der Waals surface area contributed by atoms with Crippen LogP contribution < -0.4 is 10.2 Å². The molecule has 0 spiro atoms. The topological polar surface area (TPSA) is 82.9 Å². The molecule has 2 aromatic carbocycles. The number of carbonyl (C=O) groups excluding carboxylic acids is 3. The minimum Gasteiger partial charge on any atom is -0.467 e. The average Bonchev–Trinajstić information content (AvgIpc) is 3.50. The number of amides is 3. The van der Waals surface area contributed by atoms with Gasteiger partial charge in [0.05, 0.1) is 29.0 Å². The highest BCUT2D eigenvalue weighted by molar-refractivity contribution is 8.26. The molecule has 2 aliphatic heterocycles. The van der Waals surface area contributed by atoms with Gasteiger partial charge < -0.3 is 9.73 Å². The monoisotopic (exact) mass is 489 g/mol. The summed E-state index contributed by atoms with van der Waals surface area (Å²) in [6.07, 6.45) is 1.53. The van der Waals surface area contributed by atoms with Crippen LogP contribution in [0.25, 0.3) is 5.57 Å². The molecule has 3 amide bonds. The molecule has 0 unspecified atom stereocenters. The zero-order chi connectivity index (χ0) is 23.8. The second-order valence-electron chi connectivity index (χ2n) is 7.81. The second-order valence-corrected chi connectivity index (χ2v) is 9.46. The predicted octanol–water partition coefficient (Wildman–Crippen LogP) is 4.34. The second kappa shape index (κ2) is 8.92. The van der Waals surface area contributed by atoms with Crippen LogP contribution in [0, 0.1) is 6.92 Å². The summed E-state index contributed by atoms with van der Waals surface area (Å²) < 4.78 is 5.70. The van der Waals surface area contributed by atoms with E-state index in [1.54, 1.807) is 36.4 Å². The quantitative estimate of drug-likeness (QED) is 0.424. The first-order chi connectivity index (χ1) is 16.4. The summed E-state index contributed by atoms with van der Waals surface area (Å²) in [5.41, 5.74) is 3.06. The number of hydrogen-bond donors (Lipinski definition) is 1. The molecule has 0 saturated carbocycles. The number of carbonyl (C=O) groups is 3. The first-order valence-corrected chi connectivity index (χ1v) is 11.7. The van der Waals surface area contributed by atoms with E-state index in [1.165, 1.54) is 16.1 Å². The Labute approximate surface area is 205 Å². The van der Waals surface area contributed by atoms with Gasteiger partial charge in [-0.15, -0.1) is 0 Å². The van der Waals surface area contributed by atoms with E-state index in [0.717, 1.165) is 17.3 Å². The lowest BCUT2D eigenvalue weighted by Crippen LogP contribution is -2.35. The fourth-order valence-corrected chi connectivity index (χ4v) is 5.27. The number of anilines is 2. The zero-order valence-electron chi connectivity index (χ0n) is 18.1. The third-order valence-electron chi connectivity index (χ3n) is 5.61. The third kappa shape index (κ3) is 3.93. The van der Waals surface area contributed by atoms with Gasteiger partial charge in [0.15, 0.2) is 0 Å². The molecule has 7 nitrogen and oxygen atoms in total. The molecule has 34 heavy (non-hydrogen) atoms. The maximum Gasteiger partial charge on any atom is 0.267 e. The lowest BCUT2D eigenvalue weighted by Gasteiger charge is -2.17. The van der Waals surface area contributed by atoms with Crippen molar-refractivity contribution in [2.24, 2.45) is 0 Å². The molecule has 0 bridgehead atoms. The number of thioether (sulfide) groups is 1. The molecule has 170 valence electrons. The summed E-state index contributed by atoms with van der Waals surface area (Å²) in [5.74, 6) is -0.491. The predicted molar refractivity (Wildman–Crippen MR) is 135 cm³/mol. The average molecular weight is 490 g/mol. The van der Waals surface area contributed by atoms with Crippen molar-refractivity contribution in [1.82, 2.24) is 4.90 Å². The first kappa shape index (κ1) is 22.1. The van der Waals surface area contributed by atoms with Gasteiger partial charge in [0.2, 0.25) is 5.91 Å². The fraction of sp³-hybridized carbons (Fsp3) is 0.120. The van der Waals surface area contributed by atoms with Crippen molar-refractivity contribution in [2.45, 2.75) is 13.5 Å². The van der Waals surface area contributed by atoms with E-state index in [2.05, 4.69) is 5.32 Å². The Morgan fingerprint density at radius 1 is 1.00 bits per heavy atom. The van der Waals surface area contributed by atoms with Gasteiger partial charge in [-0.3, -0.25) is 24.2 Å². The highest BCUT2D eigenvalue weighted by Gasteiger charge is 2.42. The largest absolute Gasteiger partial charge is 0.467 e. The van der Waals surface area contributed by atoms with Crippen LogP contribution in [0.1, 0.15) is 16.9 Å². The maximum atomic E-state index is 13.5. The molecule has 1 aromatic heterocycles. The Balaban J connectivity index is 1.44. The van der Waals surface area contributed by atoms with Crippen LogP contribution >= 0.6 is 24.0 Å². The molecular formula is C25H19N3O4S2. The summed E-state index contributed by atoms with van der Waals surface area (Å²) >= 11 is 6.52. The molecule has 2 aliphatic rings. The molecular weight excluding hydrogens is 470 g/mol. The molecule has 5 rings (SSSR count). The number of aryl methyl sites for hydroxylation is 1. The van der Waals surface area contributed by atoms with Crippen LogP contribution in [0.4, 0.5) is 11.4 Å². The number of nitrogens with one attached hydrogen (secondary N) is 1. The van der Waals surface area contributed by atoms with Gasteiger partial charge in [0.1, 0.15) is 16.6 Å². The molecule has 1 fully saturated rings. The van der Waals surface area contributed by atoms with E-state index in [1.807, 2.05) is 31.2 Å². The Morgan fingerprint density at radius 3 is 2.53 bits per heavy atom. The van der Waals surface area contributed by atoms with Crippen molar-refractivity contribution < 1.29 is 18.8 Å². The van der Waals surface area contributed by atoms with Crippen molar-refractivity contribution in [3.05, 3.63) is 88.7 Å². The van der Waals surface area contributed by atoms with Crippen molar-refractivity contribution >= 4 is 63.0 Å². The SMILES string of the molecule is Cc1ccccc1NC(=O)CN1C(=O)C(=C2SC(=S)N(Cc3ccco3)C2=O)c2ccccc21. The molecule has 0 radical (unpaired) electrons. The van der Waals surface area contributed by atoms with Gasteiger partial charge in [-0.2, -0.15) is 0 Å². The number of para-hydroxylation sites is 2. The van der Waals surface area contributed by atoms with Crippen LogP contribution in [-0.2, 0) is 20.9 Å². The molecule has 0 aliphatic carbocycles. The normalized spacial score (nSPS) is 17.5. The third-order valence-corrected chi connectivity index (χ3v) is 7.06. The highest BCUT2D eigenvalue weighted by atomic mass is 32.2. The number of hydrogen-bond acceptors (Lipinski definition) is 6. The number of rotatable bonds is 5. The first-order valence-electron chi connectivity index (χ1n) is 10.5. The summed E-state index contributed by atoms with van der Waals surface area (Å²) in [5, 5.41) is 2.86. The zero-order valence-corrected chi connectivity index (χ0v) is 19.7. The lowest BCUT2D eigenvalue weighted by molar-refractivity contribution is -0.123. The van der Waals surface area contributed by atoms with E-state index >= 15 is 0 Å². The molecule has 3 aromatic rings. The minimum absolute atomic E-state index is 0.180. The number of fused-ring (bicyclic) bond motifs is 1. The number of nitrogens with zero attached hydrogens (tertiary/aromatic N) is 2. The lowest BCUT2D eigenvalue weighted by atomic mass is 10.1. The number of thiocarbonyl (C=S) groups is 1. The Hall–Kier alpha value is -3.69. The molecule has 9 heteroatoms. The number of furan rings is 1. The maximum absolute atomic E-state index is 13.5. The Morgan fingerprint density at radius 2 is 1.76 bits per heavy atom. The van der Waals surface area contributed by atoms with E-state index < -0.39 is 5.91 Å².